The maximum atomic E-state index is 12.3. The number of hydrogen-bond acceptors (Lipinski definition) is 2. The van der Waals surface area contributed by atoms with Crippen molar-refractivity contribution in [3.05, 3.63) is 23.5 Å². The van der Waals surface area contributed by atoms with E-state index in [1.54, 1.807) is 0 Å². The van der Waals surface area contributed by atoms with Gasteiger partial charge >= 0.3 is 0 Å². The van der Waals surface area contributed by atoms with Gasteiger partial charge in [-0.1, -0.05) is 6.42 Å². The van der Waals surface area contributed by atoms with Gasteiger partial charge in [0.05, 0.1) is 0 Å². The number of carbonyl (C=O) groups excluding carboxylic acids is 1. The van der Waals surface area contributed by atoms with Crippen LogP contribution in [0.2, 0.25) is 0 Å². The van der Waals surface area contributed by atoms with Crippen LogP contribution in [0.5, 0.6) is 0 Å². The summed E-state index contributed by atoms with van der Waals surface area (Å²) in [5.41, 5.74) is 2.31. The van der Waals surface area contributed by atoms with Crippen LogP contribution in [0.4, 0.5) is 0 Å². The van der Waals surface area contributed by atoms with Crippen molar-refractivity contribution in [2.75, 3.05) is 19.6 Å². The van der Waals surface area contributed by atoms with E-state index < -0.39 is 0 Å². The molecule has 2 fully saturated rings. The number of amides is 1. The number of nitrogens with one attached hydrogen (secondary N) is 1. The average molecular weight is 303 g/mol. The van der Waals surface area contributed by atoms with Crippen molar-refractivity contribution in [3.63, 3.8) is 0 Å². The molecule has 2 saturated heterocycles. The number of fused-ring (bicyclic) bond motifs is 1. The van der Waals surface area contributed by atoms with Gasteiger partial charge in [0.15, 0.2) is 0 Å². The first-order valence-electron chi connectivity index (χ1n) is 8.78. The van der Waals surface area contributed by atoms with Crippen molar-refractivity contribution in [3.8, 4) is 0 Å². The Balaban J connectivity index is 1.52. The van der Waals surface area contributed by atoms with Crippen LogP contribution in [0.3, 0.4) is 0 Å². The summed E-state index contributed by atoms with van der Waals surface area (Å²) < 4.78 is 2.09. The van der Waals surface area contributed by atoms with Crippen LogP contribution in [0, 0.1) is 19.8 Å². The molecule has 0 bridgehead atoms. The van der Waals surface area contributed by atoms with E-state index in [9.17, 15) is 4.79 Å². The third kappa shape index (κ3) is 3.37. The summed E-state index contributed by atoms with van der Waals surface area (Å²) in [7, 11) is 0. The van der Waals surface area contributed by atoms with Gasteiger partial charge < -0.3 is 14.8 Å². The van der Waals surface area contributed by atoms with Crippen LogP contribution in [0.1, 0.15) is 43.5 Å². The number of piperidine rings is 2. The molecule has 1 amide bonds. The lowest BCUT2D eigenvalue weighted by molar-refractivity contribution is -0.122. The highest BCUT2D eigenvalue weighted by atomic mass is 16.1. The Morgan fingerprint density at radius 1 is 1.14 bits per heavy atom. The largest absolute Gasteiger partial charge is 0.354 e. The summed E-state index contributed by atoms with van der Waals surface area (Å²) in [6.45, 7) is 7.93. The molecule has 3 rings (SSSR count). The molecule has 2 atom stereocenters. The molecule has 22 heavy (non-hydrogen) atoms. The van der Waals surface area contributed by atoms with E-state index in [0.717, 1.165) is 17.9 Å². The topological polar surface area (TPSA) is 37.3 Å². The van der Waals surface area contributed by atoms with Gasteiger partial charge in [-0.25, -0.2) is 0 Å². The molecule has 0 aromatic carbocycles. The molecule has 0 saturated carbocycles. The van der Waals surface area contributed by atoms with Crippen LogP contribution < -0.4 is 5.32 Å². The first-order chi connectivity index (χ1) is 10.6. The summed E-state index contributed by atoms with van der Waals surface area (Å²) in [6.07, 6.45) is 6.57. The number of nitrogens with zero attached hydrogens (tertiary/aromatic N) is 2. The van der Waals surface area contributed by atoms with Crippen LogP contribution in [0.25, 0.3) is 0 Å². The lowest BCUT2D eigenvalue weighted by Gasteiger charge is -2.44. The number of hydrogen-bond donors (Lipinski definition) is 1. The fraction of sp³-hybridized carbons (Fsp3) is 0.722. The van der Waals surface area contributed by atoms with Crippen molar-refractivity contribution in [1.82, 2.24) is 14.8 Å². The second-order valence-electron chi connectivity index (χ2n) is 7.01. The van der Waals surface area contributed by atoms with Crippen LogP contribution in [-0.2, 0) is 11.3 Å². The second-order valence-corrected chi connectivity index (χ2v) is 7.01. The zero-order chi connectivity index (χ0) is 15.5. The molecular formula is C18H29N3O. The van der Waals surface area contributed by atoms with Gasteiger partial charge in [-0.15, -0.1) is 0 Å². The molecule has 1 N–H and O–H groups in total. The van der Waals surface area contributed by atoms with Crippen molar-refractivity contribution in [2.45, 2.75) is 58.5 Å². The maximum absolute atomic E-state index is 12.3. The Bertz CT molecular complexity index is 501. The van der Waals surface area contributed by atoms with Gasteiger partial charge in [-0.2, -0.15) is 0 Å². The fourth-order valence-corrected chi connectivity index (χ4v) is 4.21. The summed E-state index contributed by atoms with van der Waals surface area (Å²) >= 11 is 0. The highest BCUT2D eigenvalue weighted by molar-refractivity contribution is 5.75. The monoisotopic (exact) mass is 303 g/mol. The molecule has 1 aromatic rings. The van der Waals surface area contributed by atoms with Crippen LogP contribution in [0.15, 0.2) is 12.1 Å². The van der Waals surface area contributed by atoms with E-state index in [0.29, 0.717) is 18.5 Å². The molecule has 1 aromatic heterocycles. The van der Waals surface area contributed by atoms with Crippen molar-refractivity contribution in [1.29, 1.82) is 0 Å². The number of carbonyl (C=O) groups is 1. The normalized spacial score (nSPS) is 25.7. The van der Waals surface area contributed by atoms with E-state index >= 15 is 0 Å². The molecule has 1 unspecified atom stereocenters. The van der Waals surface area contributed by atoms with Gasteiger partial charge in [0, 0.05) is 24.0 Å². The van der Waals surface area contributed by atoms with Crippen LogP contribution >= 0.6 is 0 Å². The van der Waals surface area contributed by atoms with Crippen molar-refractivity contribution < 1.29 is 4.79 Å². The summed E-state index contributed by atoms with van der Waals surface area (Å²) in [6, 6.07) is 4.85. The Morgan fingerprint density at radius 3 is 2.64 bits per heavy atom. The third-order valence-corrected chi connectivity index (χ3v) is 5.51. The molecule has 3 heterocycles. The molecule has 0 spiro atoms. The minimum atomic E-state index is 0.148. The zero-order valence-corrected chi connectivity index (χ0v) is 14.0. The van der Waals surface area contributed by atoms with Gasteiger partial charge in [-0.05, 0) is 70.7 Å². The van der Waals surface area contributed by atoms with Crippen LogP contribution in [-0.4, -0.2) is 41.1 Å². The van der Waals surface area contributed by atoms with E-state index in [1.807, 2.05) is 0 Å². The van der Waals surface area contributed by atoms with Crippen molar-refractivity contribution in [2.24, 2.45) is 5.92 Å². The standard InChI is InChI=1S/C18H29N3O/c1-14-8-9-15(2)21(14)13-18(22)19-12-16-6-5-11-20-10-4-3-7-17(16)20/h8-9,16-17H,3-7,10-13H2,1-2H3,(H,19,22)/t16-,17?/m0/s1. The van der Waals surface area contributed by atoms with E-state index in [4.69, 9.17) is 0 Å². The molecule has 0 aliphatic carbocycles. The molecule has 4 nitrogen and oxygen atoms in total. The molecule has 2 aliphatic rings. The SMILES string of the molecule is Cc1ccc(C)n1CC(=O)NC[C@@H]1CCCN2CCCCC12. The highest BCUT2D eigenvalue weighted by Crippen LogP contribution is 2.30. The summed E-state index contributed by atoms with van der Waals surface area (Å²) in [4.78, 5) is 14.9. The van der Waals surface area contributed by atoms with E-state index in [1.165, 1.54) is 45.2 Å². The van der Waals surface area contributed by atoms with E-state index in [2.05, 4.69) is 40.8 Å². The molecule has 2 aliphatic heterocycles. The number of aromatic nitrogens is 1. The zero-order valence-electron chi connectivity index (χ0n) is 14.0. The van der Waals surface area contributed by atoms with E-state index in [-0.39, 0.29) is 5.91 Å². The van der Waals surface area contributed by atoms with Crippen molar-refractivity contribution >= 4 is 5.91 Å². The molecule has 0 radical (unpaired) electrons. The predicted octanol–water partition coefficient (Wildman–Crippen LogP) is 2.49. The Hall–Kier alpha value is -1.29. The molecular weight excluding hydrogens is 274 g/mol. The first kappa shape index (κ1) is 15.6. The minimum Gasteiger partial charge on any atom is -0.354 e. The average Bonchev–Trinajstić information content (AvgIpc) is 2.85. The third-order valence-electron chi connectivity index (χ3n) is 5.51. The summed E-state index contributed by atoms with van der Waals surface area (Å²) in [5, 5.41) is 3.19. The Kier molecular flexibility index (Phi) is 4.87. The minimum absolute atomic E-state index is 0.148. The lowest BCUT2D eigenvalue weighted by atomic mass is 9.83. The summed E-state index contributed by atoms with van der Waals surface area (Å²) in [5.74, 6) is 0.792. The lowest BCUT2D eigenvalue weighted by Crippen LogP contribution is -2.51. The smallest absolute Gasteiger partial charge is 0.239 e. The maximum Gasteiger partial charge on any atom is 0.239 e. The number of rotatable bonds is 4. The van der Waals surface area contributed by atoms with Gasteiger partial charge in [0.2, 0.25) is 5.91 Å². The van der Waals surface area contributed by atoms with Gasteiger partial charge in [0.1, 0.15) is 6.54 Å². The number of aryl methyl sites for hydroxylation is 2. The Labute approximate surface area is 133 Å². The second kappa shape index (κ2) is 6.86. The quantitative estimate of drug-likeness (QED) is 0.928. The molecule has 4 heteroatoms. The van der Waals surface area contributed by atoms with Gasteiger partial charge in [-0.3, -0.25) is 4.79 Å². The predicted molar refractivity (Wildman–Crippen MR) is 88.9 cm³/mol. The molecule has 122 valence electrons. The first-order valence-corrected chi connectivity index (χ1v) is 8.78. The fourth-order valence-electron chi connectivity index (χ4n) is 4.21. The highest BCUT2D eigenvalue weighted by Gasteiger charge is 2.32. The van der Waals surface area contributed by atoms with Gasteiger partial charge in [0.25, 0.3) is 0 Å². The Morgan fingerprint density at radius 2 is 1.86 bits per heavy atom.